The third kappa shape index (κ3) is 3.67. The van der Waals surface area contributed by atoms with E-state index in [-0.39, 0.29) is 23.8 Å². The van der Waals surface area contributed by atoms with Gasteiger partial charge in [-0.2, -0.15) is 0 Å². The highest BCUT2D eigenvalue weighted by molar-refractivity contribution is 6.06. The van der Waals surface area contributed by atoms with Crippen molar-refractivity contribution in [3.8, 4) is 16.9 Å². The van der Waals surface area contributed by atoms with E-state index >= 15 is 0 Å². The Kier molecular flexibility index (Phi) is 5.04. The number of rotatable bonds is 3. The number of aryl methyl sites for hydroxylation is 1. The molecule has 1 aliphatic heterocycles. The highest BCUT2D eigenvalue weighted by atomic mass is 16.5. The highest BCUT2D eigenvalue weighted by Crippen LogP contribution is 2.44. The zero-order chi connectivity index (χ0) is 22.5. The van der Waals surface area contributed by atoms with Crippen molar-refractivity contribution in [2.24, 2.45) is 0 Å². The molecular weight excluding hydrogens is 392 g/mol. The van der Waals surface area contributed by atoms with Crippen molar-refractivity contribution in [2.45, 2.75) is 52.5 Å². The van der Waals surface area contributed by atoms with Crippen LogP contribution in [0.3, 0.4) is 0 Å². The summed E-state index contributed by atoms with van der Waals surface area (Å²) < 4.78 is 11.6. The molecule has 0 aliphatic carbocycles. The van der Waals surface area contributed by atoms with Gasteiger partial charge in [-0.3, -0.25) is 15.0 Å². The van der Waals surface area contributed by atoms with E-state index in [0.29, 0.717) is 0 Å². The minimum Gasteiger partial charge on any atom is -0.496 e. The lowest BCUT2D eigenvalue weighted by atomic mass is 9.83. The summed E-state index contributed by atoms with van der Waals surface area (Å²) in [6.07, 6.45) is 2.01. The van der Waals surface area contributed by atoms with Crippen molar-refractivity contribution in [3.05, 3.63) is 47.7 Å². The van der Waals surface area contributed by atoms with Crippen LogP contribution in [-0.2, 0) is 10.2 Å². The molecule has 3 aromatic rings. The monoisotopic (exact) mass is 420 g/mol. The molecule has 0 spiro atoms. The van der Waals surface area contributed by atoms with Crippen molar-refractivity contribution in [1.82, 2.24) is 5.32 Å². The standard InChI is InChI=1S/C25H28N2O4/c1-14-13-31-21-10-16(7-8-18(14)21)19-11-17(12-20(23(19)30-6)25(3,4)5)27-15(2)9-22(28)26-24(27)29/h7-8,10-13,15H,9H2,1-6H3,(H,26,28,29). The molecule has 1 saturated heterocycles. The van der Waals surface area contributed by atoms with Gasteiger partial charge >= 0.3 is 6.03 Å². The first-order valence-corrected chi connectivity index (χ1v) is 10.4. The number of nitrogens with zero attached hydrogens (tertiary/aromatic N) is 1. The number of urea groups is 1. The van der Waals surface area contributed by atoms with Gasteiger partial charge in [-0.15, -0.1) is 0 Å². The topological polar surface area (TPSA) is 71.8 Å². The van der Waals surface area contributed by atoms with E-state index in [4.69, 9.17) is 9.15 Å². The summed E-state index contributed by atoms with van der Waals surface area (Å²) >= 11 is 0. The zero-order valence-electron chi connectivity index (χ0n) is 18.8. The number of hydrogen-bond donors (Lipinski definition) is 1. The minimum absolute atomic E-state index is 0.229. The van der Waals surface area contributed by atoms with E-state index < -0.39 is 6.03 Å². The summed E-state index contributed by atoms with van der Waals surface area (Å²) in [6, 6.07) is 9.38. The van der Waals surface area contributed by atoms with Gasteiger partial charge in [0, 0.05) is 34.7 Å². The van der Waals surface area contributed by atoms with Crippen LogP contribution in [0.1, 0.15) is 45.2 Å². The number of carbonyl (C=O) groups is 2. The van der Waals surface area contributed by atoms with E-state index in [2.05, 4.69) is 26.1 Å². The van der Waals surface area contributed by atoms with Crippen molar-refractivity contribution in [3.63, 3.8) is 0 Å². The predicted octanol–water partition coefficient (Wildman–Crippen LogP) is 5.55. The Balaban J connectivity index is 1.95. The van der Waals surface area contributed by atoms with Gasteiger partial charge in [0.2, 0.25) is 5.91 Å². The Morgan fingerprint density at radius 2 is 1.90 bits per heavy atom. The third-order valence-electron chi connectivity index (χ3n) is 5.83. The zero-order valence-corrected chi connectivity index (χ0v) is 18.8. The van der Waals surface area contributed by atoms with Crippen LogP contribution in [0.4, 0.5) is 10.5 Å². The van der Waals surface area contributed by atoms with Crippen LogP contribution in [0.25, 0.3) is 22.1 Å². The van der Waals surface area contributed by atoms with Crippen molar-refractivity contribution in [2.75, 3.05) is 12.0 Å². The molecule has 0 bridgehead atoms. The molecule has 1 aliphatic rings. The summed E-state index contributed by atoms with van der Waals surface area (Å²) in [5.41, 5.74) is 5.18. The fourth-order valence-electron chi connectivity index (χ4n) is 4.23. The largest absolute Gasteiger partial charge is 0.496 e. The maximum absolute atomic E-state index is 12.7. The summed E-state index contributed by atoms with van der Waals surface area (Å²) in [5, 5.41) is 3.50. The van der Waals surface area contributed by atoms with E-state index in [9.17, 15) is 9.59 Å². The summed E-state index contributed by atoms with van der Waals surface area (Å²) in [5.74, 6) is 0.511. The molecule has 1 aromatic heterocycles. The van der Waals surface area contributed by atoms with Crippen LogP contribution in [0.2, 0.25) is 0 Å². The molecule has 1 fully saturated rings. The number of fused-ring (bicyclic) bond motifs is 1. The van der Waals surface area contributed by atoms with Crippen LogP contribution in [0.5, 0.6) is 5.75 Å². The van der Waals surface area contributed by atoms with E-state index in [1.165, 1.54) is 0 Å². The number of imide groups is 1. The minimum atomic E-state index is -0.406. The molecule has 1 unspecified atom stereocenters. The van der Waals surface area contributed by atoms with Crippen molar-refractivity contribution >= 4 is 28.6 Å². The third-order valence-corrected chi connectivity index (χ3v) is 5.83. The number of anilines is 1. The van der Waals surface area contributed by atoms with Crippen LogP contribution in [0, 0.1) is 6.92 Å². The maximum atomic E-state index is 12.7. The SMILES string of the molecule is COc1c(-c2ccc3c(C)coc3c2)cc(N2C(=O)NC(=O)CC2C)cc1C(C)(C)C. The second kappa shape index (κ2) is 7.45. The summed E-state index contributed by atoms with van der Waals surface area (Å²) in [4.78, 5) is 26.2. The molecule has 2 heterocycles. The van der Waals surface area contributed by atoms with Gasteiger partial charge in [-0.05, 0) is 48.6 Å². The molecule has 31 heavy (non-hydrogen) atoms. The molecule has 1 N–H and O–H groups in total. The number of methoxy groups -OCH3 is 1. The number of hydrogen-bond acceptors (Lipinski definition) is 4. The van der Waals surface area contributed by atoms with Gasteiger partial charge in [0.05, 0.1) is 13.4 Å². The molecule has 6 heteroatoms. The first kappa shape index (κ1) is 21.0. The first-order chi connectivity index (χ1) is 14.6. The first-order valence-electron chi connectivity index (χ1n) is 10.4. The Bertz CT molecular complexity index is 1190. The van der Waals surface area contributed by atoms with Gasteiger partial charge in [0.1, 0.15) is 11.3 Å². The van der Waals surface area contributed by atoms with Crippen LogP contribution in [-0.4, -0.2) is 25.1 Å². The number of furan rings is 1. The molecule has 3 amide bonds. The van der Waals surface area contributed by atoms with Crippen LogP contribution >= 0.6 is 0 Å². The Morgan fingerprint density at radius 1 is 1.16 bits per heavy atom. The molecule has 162 valence electrons. The van der Waals surface area contributed by atoms with E-state index in [1.54, 1.807) is 18.3 Å². The number of benzene rings is 2. The lowest BCUT2D eigenvalue weighted by molar-refractivity contribution is -0.120. The number of amides is 3. The summed E-state index contributed by atoms with van der Waals surface area (Å²) in [7, 11) is 1.66. The van der Waals surface area contributed by atoms with Crippen LogP contribution < -0.4 is 15.0 Å². The molecule has 2 aromatic carbocycles. The van der Waals surface area contributed by atoms with Gasteiger partial charge in [-0.25, -0.2) is 4.79 Å². The lowest BCUT2D eigenvalue weighted by Crippen LogP contribution is -2.54. The fraction of sp³-hybridized carbons (Fsp3) is 0.360. The van der Waals surface area contributed by atoms with Gasteiger partial charge < -0.3 is 9.15 Å². The molecular formula is C25H28N2O4. The second-order valence-corrected chi connectivity index (χ2v) is 9.23. The second-order valence-electron chi connectivity index (χ2n) is 9.23. The molecule has 6 nitrogen and oxygen atoms in total. The Morgan fingerprint density at radius 3 is 2.55 bits per heavy atom. The molecule has 0 saturated carbocycles. The van der Waals surface area contributed by atoms with Gasteiger partial charge in [0.25, 0.3) is 0 Å². The number of carbonyl (C=O) groups excluding carboxylic acids is 2. The van der Waals surface area contributed by atoms with E-state index in [1.807, 2.05) is 44.2 Å². The quantitative estimate of drug-likeness (QED) is 0.603. The number of nitrogens with one attached hydrogen (secondary N) is 1. The fourth-order valence-corrected chi connectivity index (χ4v) is 4.23. The normalized spacial score (nSPS) is 17.2. The number of ether oxygens (including phenoxy) is 1. The molecule has 1 atom stereocenters. The average Bonchev–Trinajstić information content (AvgIpc) is 3.06. The van der Waals surface area contributed by atoms with Crippen LogP contribution in [0.15, 0.2) is 41.0 Å². The molecule has 4 rings (SSSR count). The summed E-state index contributed by atoms with van der Waals surface area (Å²) in [6.45, 7) is 10.2. The predicted molar refractivity (Wildman–Crippen MR) is 122 cm³/mol. The van der Waals surface area contributed by atoms with Gasteiger partial charge in [-0.1, -0.05) is 32.9 Å². The smallest absolute Gasteiger partial charge is 0.328 e. The van der Waals surface area contributed by atoms with Gasteiger partial charge in [0.15, 0.2) is 0 Å². The molecule has 0 radical (unpaired) electrons. The van der Waals surface area contributed by atoms with E-state index in [0.717, 1.165) is 44.7 Å². The lowest BCUT2D eigenvalue weighted by Gasteiger charge is -2.35. The Hall–Kier alpha value is -3.28. The Labute approximate surface area is 182 Å². The maximum Gasteiger partial charge on any atom is 0.328 e. The average molecular weight is 421 g/mol. The van der Waals surface area contributed by atoms with Crippen molar-refractivity contribution in [1.29, 1.82) is 0 Å². The van der Waals surface area contributed by atoms with Crippen molar-refractivity contribution < 1.29 is 18.7 Å². The highest BCUT2D eigenvalue weighted by Gasteiger charge is 2.33.